The van der Waals surface area contributed by atoms with Gasteiger partial charge in [0.05, 0.1) is 6.10 Å². The molecule has 3 unspecified atom stereocenters. The normalized spacial score (nSPS) is 23.0. The van der Waals surface area contributed by atoms with Crippen LogP contribution in [0.3, 0.4) is 0 Å². The second-order valence-corrected chi connectivity index (χ2v) is 5.54. The van der Waals surface area contributed by atoms with Gasteiger partial charge in [-0.15, -0.1) is 0 Å². The zero-order chi connectivity index (χ0) is 15.8. The van der Waals surface area contributed by atoms with Crippen LogP contribution >= 0.6 is 0 Å². The molecule has 2 amide bonds. The minimum Gasteiger partial charge on any atom is -0.479 e. The van der Waals surface area contributed by atoms with Gasteiger partial charge in [-0.25, -0.2) is 9.59 Å². The molecular weight excluding hydrogens is 274 g/mol. The van der Waals surface area contributed by atoms with Gasteiger partial charge in [0.1, 0.15) is 0 Å². The van der Waals surface area contributed by atoms with Crippen LogP contribution in [0.1, 0.15) is 33.1 Å². The van der Waals surface area contributed by atoms with Crippen LogP contribution in [-0.4, -0.2) is 66.9 Å². The number of carboxylic acid groups (broad SMARTS) is 1. The first-order valence-electron chi connectivity index (χ1n) is 7.54. The lowest BCUT2D eigenvalue weighted by Crippen LogP contribution is -2.43. The maximum atomic E-state index is 11.6. The van der Waals surface area contributed by atoms with Crippen LogP contribution in [0.25, 0.3) is 0 Å². The first kappa shape index (κ1) is 17.7. The standard InChI is InChI=1S/C14H27N3O4/c1-4-10(2)17(3)8-7-15-14(20)16-9-11-5-6-12(21-11)13(18)19/h10-12H,4-9H2,1-3H3,(H,18,19)(H2,15,16,20). The highest BCUT2D eigenvalue weighted by Gasteiger charge is 2.30. The number of aliphatic carboxylic acids is 1. The molecule has 21 heavy (non-hydrogen) atoms. The van der Waals surface area contributed by atoms with Gasteiger partial charge in [0.25, 0.3) is 0 Å². The summed E-state index contributed by atoms with van der Waals surface area (Å²) < 4.78 is 5.31. The Labute approximate surface area is 126 Å². The van der Waals surface area contributed by atoms with Crippen molar-refractivity contribution in [3.05, 3.63) is 0 Å². The summed E-state index contributed by atoms with van der Waals surface area (Å²) in [5.41, 5.74) is 0. The third kappa shape index (κ3) is 6.31. The van der Waals surface area contributed by atoms with E-state index in [2.05, 4.69) is 29.4 Å². The highest BCUT2D eigenvalue weighted by Crippen LogP contribution is 2.19. The summed E-state index contributed by atoms with van der Waals surface area (Å²) in [6.07, 6.45) is 1.30. The summed E-state index contributed by atoms with van der Waals surface area (Å²) >= 11 is 0. The van der Waals surface area contributed by atoms with Gasteiger partial charge in [-0.05, 0) is 33.2 Å². The van der Waals surface area contributed by atoms with Crippen LogP contribution in [0.2, 0.25) is 0 Å². The van der Waals surface area contributed by atoms with E-state index in [9.17, 15) is 9.59 Å². The van der Waals surface area contributed by atoms with E-state index in [0.717, 1.165) is 13.0 Å². The number of carbonyl (C=O) groups excluding carboxylic acids is 1. The number of ether oxygens (including phenoxy) is 1. The summed E-state index contributed by atoms with van der Waals surface area (Å²) in [4.78, 5) is 24.6. The largest absolute Gasteiger partial charge is 0.479 e. The molecule has 1 aliphatic heterocycles. The predicted octanol–water partition coefficient (Wildman–Crippen LogP) is 0.648. The summed E-state index contributed by atoms with van der Waals surface area (Å²) in [5.74, 6) is -0.935. The lowest BCUT2D eigenvalue weighted by Gasteiger charge is -2.23. The topological polar surface area (TPSA) is 90.9 Å². The van der Waals surface area contributed by atoms with Gasteiger partial charge in [0.15, 0.2) is 6.10 Å². The number of urea groups is 1. The molecule has 7 nitrogen and oxygen atoms in total. The van der Waals surface area contributed by atoms with Crippen LogP contribution in [0.15, 0.2) is 0 Å². The van der Waals surface area contributed by atoms with Crippen molar-refractivity contribution in [1.82, 2.24) is 15.5 Å². The number of carboxylic acids is 1. The molecule has 1 saturated heterocycles. The smallest absolute Gasteiger partial charge is 0.332 e. The van der Waals surface area contributed by atoms with Crippen molar-refractivity contribution < 1.29 is 19.4 Å². The molecule has 0 saturated carbocycles. The van der Waals surface area contributed by atoms with Crippen molar-refractivity contribution in [2.75, 3.05) is 26.7 Å². The fourth-order valence-corrected chi connectivity index (χ4v) is 2.18. The zero-order valence-electron chi connectivity index (χ0n) is 13.1. The van der Waals surface area contributed by atoms with E-state index in [1.807, 2.05) is 7.05 Å². The highest BCUT2D eigenvalue weighted by atomic mass is 16.5. The zero-order valence-corrected chi connectivity index (χ0v) is 13.1. The molecular formula is C14H27N3O4. The molecule has 0 aliphatic carbocycles. The molecule has 3 atom stereocenters. The summed E-state index contributed by atoms with van der Waals surface area (Å²) in [6, 6.07) is 0.254. The SMILES string of the molecule is CCC(C)N(C)CCNC(=O)NCC1CCC(C(=O)O)O1. The molecule has 1 aliphatic rings. The monoisotopic (exact) mass is 301 g/mol. The number of nitrogens with zero attached hydrogens (tertiary/aromatic N) is 1. The Hall–Kier alpha value is -1.34. The molecule has 0 bridgehead atoms. The van der Waals surface area contributed by atoms with Crippen LogP contribution in [-0.2, 0) is 9.53 Å². The lowest BCUT2D eigenvalue weighted by molar-refractivity contribution is -0.149. The number of hydrogen-bond donors (Lipinski definition) is 3. The van der Waals surface area contributed by atoms with Gasteiger partial charge in [-0.1, -0.05) is 6.92 Å². The minimum atomic E-state index is -0.935. The van der Waals surface area contributed by atoms with E-state index in [1.54, 1.807) is 0 Å². The van der Waals surface area contributed by atoms with Gasteiger partial charge in [-0.3, -0.25) is 0 Å². The average molecular weight is 301 g/mol. The molecule has 122 valence electrons. The van der Waals surface area contributed by atoms with E-state index < -0.39 is 12.1 Å². The maximum absolute atomic E-state index is 11.6. The predicted molar refractivity (Wildman–Crippen MR) is 79.3 cm³/mol. The van der Waals surface area contributed by atoms with E-state index in [1.165, 1.54) is 0 Å². The van der Waals surface area contributed by atoms with Crippen molar-refractivity contribution in [3.63, 3.8) is 0 Å². The highest BCUT2D eigenvalue weighted by molar-refractivity contribution is 5.74. The molecule has 7 heteroatoms. The number of hydrogen-bond acceptors (Lipinski definition) is 4. The molecule has 0 aromatic rings. The van der Waals surface area contributed by atoms with Crippen LogP contribution < -0.4 is 10.6 Å². The van der Waals surface area contributed by atoms with Crippen molar-refractivity contribution in [2.24, 2.45) is 0 Å². The van der Waals surface area contributed by atoms with E-state index in [4.69, 9.17) is 9.84 Å². The van der Waals surface area contributed by atoms with E-state index >= 15 is 0 Å². The van der Waals surface area contributed by atoms with E-state index in [0.29, 0.717) is 32.0 Å². The van der Waals surface area contributed by atoms with Gasteiger partial charge in [0, 0.05) is 25.7 Å². The quantitative estimate of drug-likeness (QED) is 0.612. The third-order valence-corrected chi connectivity index (χ3v) is 3.97. The van der Waals surface area contributed by atoms with Crippen molar-refractivity contribution in [3.8, 4) is 0 Å². The van der Waals surface area contributed by atoms with E-state index in [-0.39, 0.29) is 12.1 Å². The summed E-state index contributed by atoms with van der Waals surface area (Å²) in [7, 11) is 2.03. The summed E-state index contributed by atoms with van der Waals surface area (Å²) in [6.45, 7) is 6.00. The van der Waals surface area contributed by atoms with Gasteiger partial charge in [0.2, 0.25) is 0 Å². The second-order valence-electron chi connectivity index (χ2n) is 5.54. The third-order valence-electron chi connectivity index (χ3n) is 3.97. The first-order chi connectivity index (χ1) is 9.93. The lowest BCUT2D eigenvalue weighted by atomic mass is 10.2. The Morgan fingerprint density at radius 1 is 1.38 bits per heavy atom. The van der Waals surface area contributed by atoms with Gasteiger partial charge in [-0.2, -0.15) is 0 Å². The van der Waals surface area contributed by atoms with Crippen molar-refractivity contribution >= 4 is 12.0 Å². The maximum Gasteiger partial charge on any atom is 0.332 e. The van der Waals surface area contributed by atoms with Crippen molar-refractivity contribution in [1.29, 1.82) is 0 Å². The van der Waals surface area contributed by atoms with Crippen molar-refractivity contribution in [2.45, 2.75) is 51.4 Å². The minimum absolute atomic E-state index is 0.209. The fourth-order valence-electron chi connectivity index (χ4n) is 2.18. The number of amides is 2. The number of likely N-dealkylation sites (N-methyl/N-ethyl adjacent to an activating group) is 1. The Morgan fingerprint density at radius 3 is 2.67 bits per heavy atom. The Bertz CT molecular complexity index is 351. The van der Waals surface area contributed by atoms with Crippen LogP contribution in [0.4, 0.5) is 4.79 Å². The molecule has 1 fully saturated rings. The Balaban J connectivity index is 2.11. The average Bonchev–Trinajstić information content (AvgIpc) is 2.93. The Kier molecular flexibility index (Phi) is 7.45. The van der Waals surface area contributed by atoms with Gasteiger partial charge >= 0.3 is 12.0 Å². The molecule has 0 spiro atoms. The molecule has 1 heterocycles. The fraction of sp³-hybridized carbons (Fsp3) is 0.857. The van der Waals surface area contributed by atoms with Crippen LogP contribution in [0, 0.1) is 0 Å². The number of nitrogens with one attached hydrogen (secondary N) is 2. The Morgan fingerprint density at radius 2 is 2.10 bits per heavy atom. The molecule has 1 rings (SSSR count). The second kappa shape index (κ2) is 8.84. The van der Waals surface area contributed by atoms with Gasteiger partial charge < -0.3 is 25.4 Å². The molecule has 3 N–H and O–H groups in total. The first-order valence-corrected chi connectivity index (χ1v) is 7.54. The van der Waals surface area contributed by atoms with Crippen LogP contribution in [0.5, 0.6) is 0 Å². The molecule has 0 aromatic heterocycles. The molecule has 0 radical (unpaired) electrons. The number of carbonyl (C=O) groups is 2. The summed E-state index contributed by atoms with van der Waals surface area (Å²) in [5, 5.41) is 14.3. The molecule has 0 aromatic carbocycles. The number of rotatable bonds is 8.